The number of likely N-dealkylation sites (tertiary alicyclic amines) is 1. The number of hydrogen-bond acceptors (Lipinski definition) is 4. The molecule has 2 aliphatic heterocycles. The maximum atomic E-state index is 13.0. The van der Waals surface area contributed by atoms with E-state index in [4.69, 9.17) is 9.47 Å². The van der Waals surface area contributed by atoms with E-state index < -0.39 is 0 Å². The fourth-order valence-corrected chi connectivity index (χ4v) is 4.39. The number of fused-ring (bicyclic) bond motifs is 1. The van der Waals surface area contributed by atoms with E-state index >= 15 is 0 Å². The Labute approximate surface area is 170 Å². The lowest BCUT2D eigenvalue weighted by molar-refractivity contribution is -0.129. The lowest BCUT2D eigenvalue weighted by Crippen LogP contribution is -2.50. The number of carbonyl (C=O) groups excluding carboxylic acids is 2. The van der Waals surface area contributed by atoms with Crippen molar-refractivity contribution in [2.75, 3.05) is 27.3 Å². The molecule has 1 N–H and O–H groups in total. The summed E-state index contributed by atoms with van der Waals surface area (Å²) in [6.45, 7) is 1.18. The molecule has 152 valence electrons. The fraction of sp³-hybridized carbons (Fsp3) is 0.391. The molecule has 29 heavy (non-hydrogen) atoms. The summed E-state index contributed by atoms with van der Waals surface area (Å²) in [6, 6.07) is 13.2. The number of amides is 2. The van der Waals surface area contributed by atoms with Crippen LogP contribution in [0.25, 0.3) is 0 Å². The second kappa shape index (κ2) is 7.78. The van der Waals surface area contributed by atoms with Crippen LogP contribution in [0.15, 0.2) is 42.5 Å². The lowest BCUT2D eigenvalue weighted by Gasteiger charge is -2.29. The van der Waals surface area contributed by atoms with Crippen LogP contribution in [0.2, 0.25) is 0 Å². The number of rotatable bonds is 4. The van der Waals surface area contributed by atoms with Crippen LogP contribution >= 0.6 is 0 Å². The standard InChI is InChI=1S/C23H26N2O4/c1-28-18-7-8-20(29-2)17(13-18)14-21(26)25-12-11-23(15-25)10-9-16-5-3-4-6-19(16)22(27)24-23/h3-8,13H,9-12,14-15H2,1-2H3,(H,24,27)/t23-/m0/s1. The third-order valence-corrected chi connectivity index (χ3v) is 6.05. The highest BCUT2D eigenvalue weighted by atomic mass is 16.5. The summed E-state index contributed by atoms with van der Waals surface area (Å²) < 4.78 is 10.7. The van der Waals surface area contributed by atoms with Gasteiger partial charge in [-0.3, -0.25) is 9.59 Å². The van der Waals surface area contributed by atoms with Crippen molar-refractivity contribution in [3.8, 4) is 11.5 Å². The van der Waals surface area contributed by atoms with E-state index in [1.165, 1.54) is 0 Å². The van der Waals surface area contributed by atoms with Gasteiger partial charge in [0.1, 0.15) is 11.5 Å². The van der Waals surface area contributed by atoms with Crippen LogP contribution in [0.5, 0.6) is 11.5 Å². The molecule has 1 atom stereocenters. The zero-order chi connectivity index (χ0) is 20.4. The normalized spacial score (nSPS) is 20.8. The number of nitrogens with zero attached hydrogens (tertiary/aromatic N) is 1. The molecule has 0 aromatic heterocycles. The average Bonchev–Trinajstić information content (AvgIpc) is 3.10. The van der Waals surface area contributed by atoms with Crippen LogP contribution in [-0.4, -0.2) is 49.6 Å². The van der Waals surface area contributed by atoms with Gasteiger partial charge in [-0.05, 0) is 49.1 Å². The highest BCUT2D eigenvalue weighted by Crippen LogP contribution is 2.32. The van der Waals surface area contributed by atoms with Crippen LogP contribution < -0.4 is 14.8 Å². The zero-order valence-corrected chi connectivity index (χ0v) is 16.9. The van der Waals surface area contributed by atoms with E-state index in [-0.39, 0.29) is 23.8 Å². The van der Waals surface area contributed by atoms with Crippen molar-refractivity contribution in [3.05, 3.63) is 59.2 Å². The van der Waals surface area contributed by atoms with Crippen LogP contribution in [-0.2, 0) is 17.6 Å². The first-order valence-electron chi connectivity index (χ1n) is 9.93. The fourth-order valence-electron chi connectivity index (χ4n) is 4.39. The quantitative estimate of drug-likeness (QED) is 0.866. The third-order valence-electron chi connectivity index (χ3n) is 6.05. The molecule has 2 aromatic carbocycles. The molecule has 0 bridgehead atoms. The van der Waals surface area contributed by atoms with Crippen LogP contribution in [0.1, 0.15) is 34.3 Å². The van der Waals surface area contributed by atoms with Crippen molar-refractivity contribution < 1.29 is 19.1 Å². The molecule has 4 rings (SSSR count). The van der Waals surface area contributed by atoms with Crippen molar-refractivity contribution in [1.29, 1.82) is 0 Å². The van der Waals surface area contributed by atoms with Gasteiger partial charge in [-0.1, -0.05) is 18.2 Å². The minimum atomic E-state index is -0.357. The van der Waals surface area contributed by atoms with Gasteiger partial charge >= 0.3 is 0 Å². The van der Waals surface area contributed by atoms with Crippen molar-refractivity contribution in [1.82, 2.24) is 10.2 Å². The van der Waals surface area contributed by atoms with Gasteiger partial charge in [-0.25, -0.2) is 0 Å². The number of ether oxygens (including phenoxy) is 2. The number of benzene rings is 2. The van der Waals surface area contributed by atoms with Crippen LogP contribution in [0, 0.1) is 0 Å². The molecule has 6 nitrogen and oxygen atoms in total. The Balaban J connectivity index is 1.48. The molecular formula is C23H26N2O4. The second-order valence-electron chi connectivity index (χ2n) is 7.81. The zero-order valence-electron chi connectivity index (χ0n) is 16.9. The van der Waals surface area contributed by atoms with Gasteiger partial charge in [0.25, 0.3) is 5.91 Å². The summed E-state index contributed by atoms with van der Waals surface area (Å²) in [4.78, 5) is 27.6. The summed E-state index contributed by atoms with van der Waals surface area (Å²) >= 11 is 0. The first kappa shape index (κ1) is 19.3. The highest BCUT2D eigenvalue weighted by Gasteiger charge is 2.42. The first-order valence-corrected chi connectivity index (χ1v) is 9.93. The van der Waals surface area contributed by atoms with E-state index in [2.05, 4.69) is 5.32 Å². The molecule has 0 saturated carbocycles. The lowest BCUT2D eigenvalue weighted by atomic mass is 9.91. The number of hydrogen-bond donors (Lipinski definition) is 1. The van der Waals surface area contributed by atoms with Gasteiger partial charge < -0.3 is 19.7 Å². The second-order valence-corrected chi connectivity index (χ2v) is 7.81. The minimum absolute atomic E-state index is 0.0319. The molecular weight excluding hydrogens is 368 g/mol. The first-order chi connectivity index (χ1) is 14.0. The smallest absolute Gasteiger partial charge is 0.252 e. The average molecular weight is 394 g/mol. The Morgan fingerprint density at radius 2 is 1.97 bits per heavy atom. The predicted octanol–water partition coefficient (Wildman–Crippen LogP) is 2.59. The third kappa shape index (κ3) is 3.79. The summed E-state index contributed by atoms with van der Waals surface area (Å²) in [7, 11) is 3.20. The Hall–Kier alpha value is -3.02. The van der Waals surface area contributed by atoms with Crippen molar-refractivity contribution in [2.45, 2.75) is 31.2 Å². The maximum Gasteiger partial charge on any atom is 0.252 e. The summed E-state index contributed by atoms with van der Waals surface area (Å²) in [5.41, 5.74) is 2.27. The van der Waals surface area contributed by atoms with Crippen LogP contribution in [0.4, 0.5) is 0 Å². The summed E-state index contributed by atoms with van der Waals surface area (Å²) in [5, 5.41) is 3.22. The SMILES string of the molecule is COc1ccc(OC)c(CC(=O)N2CC[C@@]3(CCc4ccccc4C(=O)N3)C2)c1. The minimum Gasteiger partial charge on any atom is -0.497 e. The Kier molecular flexibility index (Phi) is 5.18. The molecule has 2 aliphatic rings. The number of aryl methyl sites for hydroxylation is 1. The monoisotopic (exact) mass is 394 g/mol. The van der Waals surface area contributed by atoms with E-state index in [9.17, 15) is 9.59 Å². The van der Waals surface area contributed by atoms with Gasteiger partial charge in [0, 0.05) is 24.2 Å². The predicted molar refractivity (Wildman–Crippen MR) is 109 cm³/mol. The van der Waals surface area contributed by atoms with Gasteiger partial charge in [0.15, 0.2) is 0 Å². The molecule has 2 amide bonds. The summed E-state index contributed by atoms with van der Waals surface area (Å²) in [6.07, 6.45) is 2.68. The van der Waals surface area contributed by atoms with Gasteiger partial charge in [-0.2, -0.15) is 0 Å². The van der Waals surface area contributed by atoms with E-state index in [0.717, 1.165) is 36.0 Å². The molecule has 1 saturated heterocycles. The number of carbonyl (C=O) groups is 2. The molecule has 6 heteroatoms. The molecule has 0 aliphatic carbocycles. The molecule has 1 spiro atoms. The highest BCUT2D eigenvalue weighted by molar-refractivity contribution is 5.96. The van der Waals surface area contributed by atoms with Gasteiger partial charge in [0.05, 0.1) is 26.2 Å². The van der Waals surface area contributed by atoms with E-state index in [0.29, 0.717) is 24.6 Å². The topological polar surface area (TPSA) is 67.9 Å². The largest absolute Gasteiger partial charge is 0.497 e. The van der Waals surface area contributed by atoms with Crippen molar-refractivity contribution >= 4 is 11.8 Å². The van der Waals surface area contributed by atoms with Crippen molar-refractivity contribution in [3.63, 3.8) is 0 Å². The van der Waals surface area contributed by atoms with Crippen LogP contribution in [0.3, 0.4) is 0 Å². The number of nitrogens with one attached hydrogen (secondary N) is 1. The Morgan fingerprint density at radius 1 is 1.14 bits per heavy atom. The van der Waals surface area contributed by atoms with Gasteiger partial charge in [-0.15, -0.1) is 0 Å². The maximum absolute atomic E-state index is 13.0. The van der Waals surface area contributed by atoms with Crippen molar-refractivity contribution in [2.24, 2.45) is 0 Å². The Bertz CT molecular complexity index is 942. The van der Waals surface area contributed by atoms with Gasteiger partial charge in [0.2, 0.25) is 5.91 Å². The molecule has 1 fully saturated rings. The summed E-state index contributed by atoms with van der Waals surface area (Å²) in [5.74, 6) is 1.36. The Morgan fingerprint density at radius 3 is 2.76 bits per heavy atom. The molecule has 2 aromatic rings. The van der Waals surface area contributed by atoms with E-state index in [1.54, 1.807) is 14.2 Å². The molecule has 0 unspecified atom stereocenters. The van der Waals surface area contributed by atoms with E-state index in [1.807, 2.05) is 47.4 Å². The molecule has 2 heterocycles. The molecule has 0 radical (unpaired) electrons. The number of methoxy groups -OCH3 is 2.